The zero-order valence-electron chi connectivity index (χ0n) is 9.26. The summed E-state index contributed by atoms with van der Waals surface area (Å²) in [4.78, 5) is 11.9. The van der Waals surface area contributed by atoms with Gasteiger partial charge < -0.3 is 4.74 Å². The highest BCUT2D eigenvalue weighted by Gasteiger charge is 2.26. The van der Waals surface area contributed by atoms with Crippen molar-refractivity contribution in [1.29, 1.82) is 0 Å². The highest BCUT2D eigenvalue weighted by molar-refractivity contribution is 7.11. The average Bonchev–Trinajstić information content (AvgIpc) is 2.82. The van der Waals surface area contributed by atoms with Crippen LogP contribution in [0.25, 0.3) is 0 Å². The number of rotatable bonds is 2. The van der Waals surface area contributed by atoms with Crippen molar-refractivity contribution in [2.75, 3.05) is 0 Å². The molecule has 1 atom stereocenters. The Morgan fingerprint density at radius 3 is 2.82 bits per heavy atom. The Hall–Kier alpha value is -1.61. The lowest BCUT2D eigenvalue weighted by Gasteiger charge is -2.23. The minimum absolute atomic E-state index is 0.0175. The summed E-state index contributed by atoms with van der Waals surface area (Å²) < 4.78 is 5.82. The zero-order valence-corrected chi connectivity index (χ0v) is 10.1. The van der Waals surface area contributed by atoms with Crippen LogP contribution in [0.5, 0.6) is 5.06 Å². The summed E-state index contributed by atoms with van der Waals surface area (Å²) >= 11 is 1.57. The smallest absolute Gasteiger partial charge is 0.174 e. The Balaban J connectivity index is 1.82. The Kier molecular flexibility index (Phi) is 2.69. The molecule has 0 fully saturated rings. The number of Topliss-reactive ketones (excluding diaryl/α,β-unsaturated/α-hetero) is 1. The number of ether oxygens (including phenoxy) is 1. The molecule has 1 aromatic carbocycles. The van der Waals surface area contributed by atoms with Crippen molar-refractivity contribution < 1.29 is 9.53 Å². The van der Waals surface area contributed by atoms with Crippen LogP contribution < -0.4 is 4.74 Å². The van der Waals surface area contributed by atoms with Gasteiger partial charge >= 0.3 is 0 Å². The van der Waals surface area contributed by atoms with Crippen molar-refractivity contribution in [3.8, 4) is 5.06 Å². The number of carbonyl (C=O) groups is 1. The van der Waals surface area contributed by atoms with Gasteiger partial charge in [0.05, 0.1) is 0 Å². The van der Waals surface area contributed by atoms with Gasteiger partial charge in [0.2, 0.25) is 0 Å². The van der Waals surface area contributed by atoms with E-state index in [0.717, 1.165) is 22.6 Å². The molecule has 0 N–H and O–H groups in total. The second kappa shape index (κ2) is 4.34. The van der Waals surface area contributed by atoms with E-state index in [4.69, 9.17) is 4.74 Å². The van der Waals surface area contributed by atoms with Gasteiger partial charge in [-0.1, -0.05) is 24.3 Å². The SMILES string of the molecule is O=C1CC(Oc2cccs2)Cc2ccccc21. The van der Waals surface area contributed by atoms with Gasteiger partial charge in [-0.2, -0.15) is 0 Å². The first-order valence-electron chi connectivity index (χ1n) is 5.64. The lowest BCUT2D eigenvalue weighted by atomic mass is 9.89. The molecule has 1 aliphatic carbocycles. The van der Waals surface area contributed by atoms with Crippen molar-refractivity contribution in [3.63, 3.8) is 0 Å². The average molecular weight is 244 g/mol. The topological polar surface area (TPSA) is 26.3 Å². The summed E-state index contributed by atoms with van der Waals surface area (Å²) in [5, 5.41) is 2.87. The molecule has 0 aliphatic heterocycles. The van der Waals surface area contributed by atoms with Crippen LogP contribution in [0, 0.1) is 0 Å². The van der Waals surface area contributed by atoms with E-state index < -0.39 is 0 Å². The van der Waals surface area contributed by atoms with Gasteiger partial charge in [0.15, 0.2) is 10.8 Å². The molecular formula is C14H12O2S. The molecule has 0 spiro atoms. The van der Waals surface area contributed by atoms with Gasteiger partial charge in [0.1, 0.15) is 6.10 Å². The minimum Gasteiger partial charge on any atom is -0.480 e. The fourth-order valence-corrected chi connectivity index (χ4v) is 2.82. The Morgan fingerprint density at radius 1 is 1.12 bits per heavy atom. The van der Waals surface area contributed by atoms with Crippen molar-refractivity contribution >= 4 is 17.1 Å². The van der Waals surface area contributed by atoms with Crippen LogP contribution in [0.2, 0.25) is 0 Å². The van der Waals surface area contributed by atoms with Crippen LogP contribution in [0.15, 0.2) is 41.8 Å². The van der Waals surface area contributed by atoms with E-state index in [9.17, 15) is 4.79 Å². The summed E-state index contributed by atoms with van der Waals surface area (Å²) in [5.41, 5.74) is 1.96. The van der Waals surface area contributed by atoms with Gasteiger partial charge in [-0.15, -0.1) is 11.3 Å². The number of hydrogen-bond donors (Lipinski definition) is 0. The molecular weight excluding hydrogens is 232 g/mol. The third-order valence-corrected chi connectivity index (χ3v) is 3.71. The summed E-state index contributed by atoms with van der Waals surface area (Å²) in [6, 6.07) is 11.7. The van der Waals surface area contributed by atoms with Gasteiger partial charge in [-0.05, 0) is 23.1 Å². The molecule has 0 saturated heterocycles. The number of carbonyl (C=O) groups excluding carboxylic acids is 1. The van der Waals surface area contributed by atoms with E-state index >= 15 is 0 Å². The Morgan fingerprint density at radius 2 is 2.00 bits per heavy atom. The van der Waals surface area contributed by atoms with Crippen LogP contribution in [0.1, 0.15) is 22.3 Å². The van der Waals surface area contributed by atoms with Gasteiger partial charge in [0.25, 0.3) is 0 Å². The third kappa shape index (κ3) is 2.11. The first-order chi connectivity index (χ1) is 8.33. The number of benzene rings is 1. The molecule has 1 unspecified atom stereocenters. The van der Waals surface area contributed by atoms with Crippen LogP contribution in [-0.4, -0.2) is 11.9 Å². The van der Waals surface area contributed by atoms with Gasteiger partial charge in [0, 0.05) is 18.4 Å². The highest BCUT2D eigenvalue weighted by atomic mass is 32.1. The first kappa shape index (κ1) is 10.5. The second-order valence-corrected chi connectivity index (χ2v) is 5.07. The molecule has 3 heteroatoms. The molecule has 17 heavy (non-hydrogen) atoms. The quantitative estimate of drug-likeness (QED) is 0.810. The van der Waals surface area contributed by atoms with Crippen molar-refractivity contribution in [2.45, 2.75) is 18.9 Å². The first-order valence-corrected chi connectivity index (χ1v) is 6.52. The highest BCUT2D eigenvalue weighted by Crippen LogP contribution is 2.27. The Bertz CT molecular complexity index is 531. The van der Waals surface area contributed by atoms with Crippen LogP contribution in [0.3, 0.4) is 0 Å². The molecule has 1 heterocycles. The van der Waals surface area contributed by atoms with Gasteiger partial charge in [-0.3, -0.25) is 4.79 Å². The third-order valence-electron chi connectivity index (χ3n) is 2.96. The van der Waals surface area contributed by atoms with Crippen molar-refractivity contribution in [2.24, 2.45) is 0 Å². The summed E-state index contributed by atoms with van der Waals surface area (Å²) in [7, 11) is 0. The second-order valence-electron chi connectivity index (χ2n) is 4.16. The fraction of sp³-hybridized carbons (Fsp3) is 0.214. The van der Waals surface area contributed by atoms with Crippen molar-refractivity contribution in [3.05, 3.63) is 52.9 Å². The van der Waals surface area contributed by atoms with Crippen LogP contribution in [-0.2, 0) is 6.42 Å². The van der Waals surface area contributed by atoms with E-state index in [0.29, 0.717) is 6.42 Å². The van der Waals surface area contributed by atoms with E-state index in [-0.39, 0.29) is 11.9 Å². The lowest BCUT2D eigenvalue weighted by molar-refractivity contribution is 0.0888. The molecule has 3 rings (SSSR count). The standard InChI is InChI=1S/C14H12O2S/c15-13-9-11(16-14-6-3-7-17-14)8-10-4-1-2-5-12(10)13/h1-7,11H,8-9H2. The molecule has 0 amide bonds. The molecule has 2 aromatic rings. The van der Waals surface area contributed by atoms with E-state index in [1.807, 2.05) is 41.8 Å². The predicted molar refractivity (Wildman–Crippen MR) is 67.8 cm³/mol. The van der Waals surface area contributed by atoms with Crippen molar-refractivity contribution in [1.82, 2.24) is 0 Å². The van der Waals surface area contributed by atoms with Crippen LogP contribution in [0.4, 0.5) is 0 Å². The maximum atomic E-state index is 11.9. The maximum Gasteiger partial charge on any atom is 0.174 e. The fourth-order valence-electron chi connectivity index (χ4n) is 2.18. The minimum atomic E-state index is -0.0175. The van der Waals surface area contributed by atoms with E-state index in [1.54, 1.807) is 11.3 Å². The number of thiophene rings is 1. The lowest BCUT2D eigenvalue weighted by Crippen LogP contribution is -2.28. The van der Waals surface area contributed by atoms with Gasteiger partial charge in [-0.25, -0.2) is 0 Å². The zero-order chi connectivity index (χ0) is 11.7. The number of fused-ring (bicyclic) bond motifs is 1. The summed E-state index contributed by atoms with van der Waals surface area (Å²) in [6.45, 7) is 0. The summed E-state index contributed by atoms with van der Waals surface area (Å²) in [6.07, 6.45) is 1.28. The molecule has 1 aliphatic rings. The molecule has 86 valence electrons. The molecule has 2 nitrogen and oxygen atoms in total. The normalized spacial score (nSPS) is 18.8. The maximum absolute atomic E-state index is 11.9. The predicted octanol–water partition coefficient (Wildman–Crippen LogP) is 3.32. The van der Waals surface area contributed by atoms with E-state index in [2.05, 4.69) is 0 Å². The summed E-state index contributed by atoms with van der Waals surface area (Å²) in [5.74, 6) is 0.188. The molecule has 0 bridgehead atoms. The Labute approximate surface area is 104 Å². The monoisotopic (exact) mass is 244 g/mol. The molecule has 1 aromatic heterocycles. The number of hydrogen-bond acceptors (Lipinski definition) is 3. The molecule has 0 radical (unpaired) electrons. The van der Waals surface area contributed by atoms with Crippen LogP contribution >= 0.6 is 11.3 Å². The van der Waals surface area contributed by atoms with E-state index in [1.165, 1.54) is 0 Å². The number of ketones is 1. The molecule has 0 saturated carbocycles. The largest absolute Gasteiger partial charge is 0.480 e.